The molecule has 16 heavy (non-hydrogen) atoms. The third-order valence-electron chi connectivity index (χ3n) is 2.60. The third-order valence-corrected chi connectivity index (χ3v) is 2.60. The Morgan fingerprint density at radius 3 is 2.56 bits per heavy atom. The molecular weight excluding hydrogens is 208 g/mol. The predicted molar refractivity (Wildman–Crippen MR) is 57.5 cm³/mol. The molecule has 0 radical (unpaired) electrons. The lowest BCUT2D eigenvalue weighted by Gasteiger charge is -2.32. The van der Waals surface area contributed by atoms with Crippen molar-refractivity contribution >= 4 is 5.91 Å². The van der Waals surface area contributed by atoms with Gasteiger partial charge >= 0.3 is 0 Å². The number of carbonyl (C=O) groups excluding carboxylic acids is 1. The van der Waals surface area contributed by atoms with Crippen molar-refractivity contribution in [3.05, 3.63) is 11.9 Å². The fraction of sp³-hybridized carbons (Fsp3) is 0.667. The van der Waals surface area contributed by atoms with Gasteiger partial charge in [0, 0.05) is 33.2 Å². The molecule has 0 saturated carbocycles. The normalized spacial score (nSPS) is 18.6. The second-order valence-electron chi connectivity index (χ2n) is 4.01. The van der Waals surface area contributed by atoms with E-state index in [9.17, 15) is 4.79 Å². The summed E-state index contributed by atoms with van der Waals surface area (Å²) in [6.45, 7) is 3.59. The van der Waals surface area contributed by atoms with Crippen molar-refractivity contribution in [3.63, 3.8) is 0 Å². The van der Waals surface area contributed by atoms with Crippen LogP contribution in [0, 0.1) is 0 Å². The molecule has 1 aliphatic heterocycles. The molecule has 1 fully saturated rings. The van der Waals surface area contributed by atoms with E-state index in [2.05, 4.69) is 27.7 Å². The van der Waals surface area contributed by atoms with Crippen molar-refractivity contribution in [3.8, 4) is 0 Å². The van der Waals surface area contributed by atoms with E-state index in [-0.39, 0.29) is 5.91 Å². The van der Waals surface area contributed by atoms with Crippen LogP contribution in [0.25, 0.3) is 0 Å². The maximum absolute atomic E-state index is 11.7. The molecule has 0 aromatic carbocycles. The molecular formula is C9H16N6O. The van der Waals surface area contributed by atoms with Crippen LogP contribution in [0.1, 0.15) is 10.5 Å². The fourth-order valence-electron chi connectivity index (χ4n) is 1.57. The molecule has 1 aromatic heterocycles. The summed E-state index contributed by atoms with van der Waals surface area (Å²) in [5.74, 6) is -0.197. The molecule has 0 aliphatic carbocycles. The molecule has 1 aliphatic rings. The molecule has 2 heterocycles. The zero-order valence-electron chi connectivity index (χ0n) is 9.55. The molecule has 7 heteroatoms. The highest BCUT2D eigenvalue weighted by Crippen LogP contribution is 1.97. The summed E-state index contributed by atoms with van der Waals surface area (Å²) in [5, 5.41) is 9.40. The molecule has 1 amide bonds. The zero-order chi connectivity index (χ0) is 11.5. The number of hydrogen-bond donors (Lipinski definition) is 1. The molecule has 0 unspecified atom stereocenters. The Morgan fingerprint density at radius 2 is 2.00 bits per heavy atom. The highest BCUT2D eigenvalue weighted by Gasteiger charge is 2.17. The van der Waals surface area contributed by atoms with Gasteiger partial charge in [-0.05, 0) is 7.05 Å². The van der Waals surface area contributed by atoms with Crippen LogP contribution in [-0.4, -0.2) is 64.0 Å². The zero-order valence-corrected chi connectivity index (χ0v) is 9.55. The number of carbonyl (C=O) groups is 1. The van der Waals surface area contributed by atoms with E-state index in [1.807, 2.05) is 5.01 Å². The number of nitrogens with zero attached hydrogens (tertiary/aromatic N) is 5. The number of rotatable bonds is 2. The summed E-state index contributed by atoms with van der Waals surface area (Å²) in [6.07, 6.45) is 1.60. The Balaban J connectivity index is 1.88. The van der Waals surface area contributed by atoms with Gasteiger partial charge in [-0.25, -0.2) is 5.01 Å². The molecule has 0 atom stereocenters. The van der Waals surface area contributed by atoms with Gasteiger partial charge < -0.3 is 4.90 Å². The first-order chi connectivity index (χ1) is 7.65. The monoisotopic (exact) mass is 224 g/mol. The summed E-state index contributed by atoms with van der Waals surface area (Å²) < 4.78 is 1.51. The van der Waals surface area contributed by atoms with Gasteiger partial charge in [-0.15, -0.1) is 5.10 Å². The van der Waals surface area contributed by atoms with Crippen molar-refractivity contribution in [2.45, 2.75) is 0 Å². The number of hydrogen-bond acceptors (Lipinski definition) is 5. The molecule has 1 aromatic rings. The average Bonchev–Trinajstić information content (AvgIpc) is 2.68. The lowest BCUT2D eigenvalue weighted by molar-refractivity contribution is 0.0657. The SMILES string of the molecule is CN1CCN(NC(=O)c2cn(C)nn2)CC1. The second-order valence-corrected chi connectivity index (χ2v) is 4.01. The van der Waals surface area contributed by atoms with Gasteiger partial charge in [0.2, 0.25) is 0 Å². The smallest absolute Gasteiger partial charge is 0.287 e. The van der Waals surface area contributed by atoms with E-state index in [1.54, 1.807) is 13.2 Å². The predicted octanol–water partition coefficient (Wildman–Crippen LogP) is -1.29. The number of likely N-dealkylation sites (N-methyl/N-ethyl adjacent to an activating group) is 1. The Morgan fingerprint density at radius 1 is 1.31 bits per heavy atom. The second kappa shape index (κ2) is 4.58. The topological polar surface area (TPSA) is 66.3 Å². The summed E-state index contributed by atoms with van der Waals surface area (Å²) in [4.78, 5) is 14.0. The third kappa shape index (κ3) is 2.56. The fourth-order valence-corrected chi connectivity index (χ4v) is 1.57. The van der Waals surface area contributed by atoms with Crippen LogP contribution in [0.5, 0.6) is 0 Å². The van der Waals surface area contributed by atoms with E-state index < -0.39 is 0 Å². The molecule has 0 spiro atoms. The Labute approximate surface area is 94.0 Å². The van der Waals surface area contributed by atoms with Crippen LogP contribution in [0.3, 0.4) is 0 Å². The summed E-state index contributed by atoms with van der Waals surface area (Å²) in [7, 11) is 3.81. The molecule has 7 nitrogen and oxygen atoms in total. The summed E-state index contributed by atoms with van der Waals surface area (Å²) in [6, 6.07) is 0. The lowest BCUT2D eigenvalue weighted by atomic mass is 10.4. The largest absolute Gasteiger partial charge is 0.304 e. The van der Waals surface area contributed by atoms with Gasteiger partial charge in [-0.3, -0.25) is 14.9 Å². The van der Waals surface area contributed by atoms with Gasteiger partial charge in [0.1, 0.15) is 0 Å². The quantitative estimate of drug-likeness (QED) is 0.677. The van der Waals surface area contributed by atoms with E-state index in [0.717, 1.165) is 26.2 Å². The van der Waals surface area contributed by atoms with Crippen LogP contribution >= 0.6 is 0 Å². The minimum Gasteiger partial charge on any atom is -0.304 e. The van der Waals surface area contributed by atoms with Crippen molar-refractivity contribution < 1.29 is 4.79 Å². The number of aromatic nitrogens is 3. The van der Waals surface area contributed by atoms with Gasteiger partial charge in [0.05, 0.1) is 6.20 Å². The maximum Gasteiger partial charge on any atom is 0.287 e. The minimum atomic E-state index is -0.197. The van der Waals surface area contributed by atoms with E-state index in [0.29, 0.717) is 5.69 Å². The summed E-state index contributed by atoms with van der Waals surface area (Å²) >= 11 is 0. The van der Waals surface area contributed by atoms with Crippen LogP contribution in [0.2, 0.25) is 0 Å². The molecule has 1 N–H and O–H groups in total. The Bertz CT molecular complexity index is 368. The Hall–Kier alpha value is -1.47. The first kappa shape index (κ1) is 11.0. The number of hydrazine groups is 1. The number of amides is 1. The average molecular weight is 224 g/mol. The van der Waals surface area contributed by atoms with Crippen molar-refractivity contribution in [2.24, 2.45) is 7.05 Å². The standard InChI is InChI=1S/C9H16N6O/c1-13-3-5-15(6-4-13)11-9(16)8-7-14(2)12-10-8/h7H,3-6H2,1-2H3,(H,11,16). The summed E-state index contributed by atoms with van der Waals surface area (Å²) in [5.41, 5.74) is 3.17. The minimum absolute atomic E-state index is 0.197. The first-order valence-electron chi connectivity index (χ1n) is 5.26. The highest BCUT2D eigenvalue weighted by molar-refractivity contribution is 5.91. The molecule has 0 bridgehead atoms. The van der Waals surface area contributed by atoms with Crippen molar-refractivity contribution in [1.82, 2.24) is 30.3 Å². The van der Waals surface area contributed by atoms with E-state index >= 15 is 0 Å². The van der Waals surface area contributed by atoms with Crippen LogP contribution in [-0.2, 0) is 7.05 Å². The molecule has 1 saturated heterocycles. The lowest BCUT2D eigenvalue weighted by Crippen LogP contribution is -2.52. The number of piperazine rings is 1. The molecule has 2 rings (SSSR count). The van der Waals surface area contributed by atoms with E-state index in [1.165, 1.54) is 4.68 Å². The van der Waals surface area contributed by atoms with Crippen molar-refractivity contribution in [1.29, 1.82) is 0 Å². The maximum atomic E-state index is 11.7. The highest BCUT2D eigenvalue weighted by atomic mass is 16.2. The number of aryl methyl sites for hydroxylation is 1. The molecule has 88 valence electrons. The van der Waals surface area contributed by atoms with E-state index in [4.69, 9.17) is 0 Å². The van der Waals surface area contributed by atoms with Gasteiger partial charge in [-0.1, -0.05) is 5.21 Å². The van der Waals surface area contributed by atoms with Gasteiger partial charge in [-0.2, -0.15) is 0 Å². The van der Waals surface area contributed by atoms with Crippen LogP contribution < -0.4 is 5.43 Å². The first-order valence-corrected chi connectivity index (χ1v) is 5.26. The van der Waals surface area contributed by atoms with Crippen LogP contribution in [0.15, 0.2) is 6.20 Å². The van der Waals surface area contributed by atoms with Crippen LogP contribution in [0.4, 0.5) is 0 Å². The Kier molecular flexibility index (Phi) is 3.16. The van der Waals surface area contributed by atoms with Gasteiger partial charge in [0.25, 0.3) is 5.91 Å². The van der Waals surface area contributed by atoms with Crippen molar-refractivity contribution in [2.75, 3.05) is 33.2 Å². The number of nitrogens with one attached hydrogen (secondary N) is 1. The van der Waals surface area contributed by atoms with Gasteiger partial charge in [0.15, 0.2) is 5.69 Å².